The molecule has 0 unspecified atom stereocenters. The molecule has 0 amide bonds. The van der Waals surface area contributed by atoms with Gasteiger partial charge in [0.05, 0.1) is 0 Å². The van der Waals surface area contributed by atoms with Crippen molar-refractivity contribution in [3.8, 4) is 0 Å². The fourth-order valence-corrected chi connectivity index (χ4v) is 29.2. The summed E-state index contributed by atoms with van der Waals surface area (Å²) in [6, 6.07) is 24.9. The summed E-state index contributed by atoms with van der Waals surface area (Å²) >= 11 is 0.661. The van der Waals surface area contributed by atoms with E-state index in [2.05, 4.69) is 88.9 Å². The molecule has 0 aliphatic carbocycles. The predicted octanol–water partition coefficient (Wildman–Crippen LogP) is 7.47. The third-order valence-electron chi connectivity index (χ3n) is 5.97. The Labute approximate surface area is 189 Å². The Kier molecular flexibility index (Phi) is 7.13. The van der Waals surface area contributed by atoms with Crippen LogP contribution in [0.2, 0.25) is 8.87 Å². The maximum atomic E-state index is 15.1. The maximum absolute atomic E-state index is 15.1. The summed E-state index contributed by atoms with van der Waals surface area (Å²) in [6.45, 7) is 8.91. The fraction of sp³-hybridized carbons (Fsp3) is 0.308. The van der Waals surface area contributed by atoms with Crippen molar-refractivity contribution in [1.29, 1.82) is 0 Å². The minimum atomic E-state index is -3.52. The van der Waals surface area contributed by atoms with Crippen molar-refractivity contribution in [3.05, 3.63) is 102 Å². The molecule has 0 heterocycles. The van der Waals surface area contributed by atoms with E-state index in [1.807, 2.05) is 12.1 Å². The van der Waals surface area contributed by atoms with Crippen molar-refractivity contribution in [1.82, 2.24) is 0 Å². The van der Waals surface area contributed by atoms with Gasteiger partial charge in [-0.3, -0.25) is 0 Å². The Hall–Kier alpha value is -1.20. The minimum absolute atomic E-state index is 0.131. The molecule has 3 aromatic rings. The molecule has 0 saturated heterocycles. The van der Waals surface area contributed by atoms with Crippen LogP contribution < -0.4 is 3.58 Å². The SMILES string of the molecule is CC(C)([CH2][Sn]([Br])([CH2]C(C)(C)c1ccccc1)[c]1ccc(F)cc1F)c1ccccc1. The average molecular weight is 578 g/mol. The van der Waals surface area contributed by atoms with Crippen LogP contribution in [0.1, 0.15) is 38.8 Å². The number of rotatable bonds is 7. The molecule has 0 aliphatic heterocycles. The molecule has 0 spiro atoms. The summed E-state index contributed by atoms with van der Waals surface area (Å²) in [7, 11) is 0. The zero-order valence-electron chi connectivity index (χ0n) is 18.1. The number of hydrogen-bond acceptors (Lipinski definition) is 0. The van der Waals surface area contributed by atoms with Gasteiger partial charge < -0.3 is 0 Å². The van der Waals surface area contributed by atoms with Crippen LogP contribution in [0.3, 0.4) is 0 Å². The molecule has 3 rings (SSSR count). The molecule has 0 nitrogen and oxygen atoms in total. The fourth-order valence-electron chi connectivity index (χ4n) is 4.49. The second-order valence-electron chi connectivity index (χ2n) is 9.44. The van der Waals surface area contributed by atoms with E-state index in [1.54, 1.807) is 6.07 Å². The Balaban J connectivity index is 2.07. The number of halogens is 3. The van der Waals surface area contributed by atoms with Gasteiger partial charge in [-0.1, -0.05) is 0 Å². The average Bonchev–Trinajstić information content (AvgIpc) is 2.68. The third kappa shape index (κ3) is 5.34. The molecule has 3 aromatic carbocycles. The van der Waals surface area contributed by atoms with Crippen LogP contribution in [-0.2, 0) is 10.8 Å². The van der Waals surface area contributed by atoms with Crippen LogP contribution in [0.5, 0.6) is 0 Å². The zero-order chi connectivity index (χ0) is 22.0. The van der Waals surface area contributed by atoms with Crippen molar-refractivity contribution in [2.75, 3.05) is 0 Å². The third-order valence-corrected chi connectivity index (χ3v) is 24.8. The summed E-state index contributed by atoms with van der Waals surface area (Å²) < 4.78 is 31.2. The predicted molar refractivity (Wildman–Crippen MR) is 129 cm³/mol. The van der Waals surface area contributed by atoms with E-state index in [4.69, 9.17) is 0 Å². The number of hydrogen-bond donors (Lipinski definition) is 0. The number of benzene rings is 3. The van der Waals surface area contributed by atoms with E-state index < -0.39 is 27.8 Å². The first kappa shape index (κ1) is 23.5. The molecule has 0 aliphatic rings. The van der Waals surface area contributed by atoms with E-state index in [1.165, 1.54) is 17.2 Å². The second kappa shape index (κ2) is 9.12. The summed E-state index contributed by atoms with van der Waals surface area (Å²) in [6.07, 6.45) is 0. The van der Waals surface area contributed by atoms with Gasteiger partial charge in [0, 0.05) is 0 Å². The molecule has 158 valence electrons. The van der Waals surface area contributed by atoms with E-state index in [0.717, 1.165) is 14.9 Å². The molecule has 30 heavy (non-hydrogen) atoms. The van der Waals surface area contributed by atoms with Crippen molar-refractivity contribution < 1.29 is 8.78 Å². The molecule has 0 aromatic heterocycles. The Morgan fingerprint density at radius 2 is 1.13 bits per heavy atom. The molecule has 0 N–H and O–H groups in total. The summed E-state index contributed by atoms with van der Waals surface area (Å²) in [5, 5.41) is 0. The van der Waals surface area contributed by atoms with Gasteiger partial charge in [0.2, 0.25) is 0 Å². The molecular weight excluding hydrogens is 549 g/mol. The van der Waals surface area contributed by atoms with Crippen LogP contribution in [0.15, 0.2) is 78.9 Å². The monoisotopic (exact) mass is 578 g/mol. The van der Waals surface area contributed by atoms with E-state index >= 15 is 4.39 Å². The van der Waals surface area contributed by atoms with Crippen LogP contribution in [0, 0.1) is 11.6 Å². The van der Waals surface area contributed by atoms with Crippen molar-refractivity contribution >= 4 is 32.4 Å². The molecule has 0 radical (unpaired) electrons. The van der Waals surface area contributed by atoms with Crippen LogP contribution in [-0.4, -0.2) is 16.2 Å². The van der Waals surface area contributed by atoms with Gasteiger partial charge in [0.15, 0.2) is 0 Å². The van der Waals surface area contributed by atoms with Crippen molar-refractivity contribution in [2.24, 2.45) is 0 Å². The summed E-state index contributed by atoms with van der Waals surface area (Å²) in [4.78, 5) is 0. The normalized spacial score (nSPS) is 12.8. The van der Waals surface area contributed by atoms with Gasteiger partial charge in [-0.25, -0.2) is 0 Å². The topological polar surface area (TPSA) is 0 Å². The first-order valence-corrected chi connectivity index (χ1v) is 22.2. The van der Waals surface area contributed by atoms with Gasteiger partial charge in [-0.2, -0.15) is 0 Å². The van der Waals surface area contributed by atoms with Crippen molar-refractivity contribution in [2.45, 2.75) is 47.4 Å². The van der Waals surface area contributed by atoms with Gasteiger partial charge >= 0.3 is 190 Å². The summed E-state index contributed by atoms with van der Waals surface area (Å²) in [5.74, 6) is -0.947. The molecule has 4 heteroatoms. The molecule has 0 fully saturated rings. The van der Waals surface area contributed by atoms with Gasteiger partial charge in [0.1, 0.15) is 0 Å². The Bertz CT molecular complexity index is 931. The standard InChI is InChI=1S/2C10H13.C6H3F2.BrH.Sn/c2*1-10(2,3)9-7-5-4-6-8-9;7-5-2-1-3-6(8)4-5;;/h2*4-8H,1H2,2-3H3;1-2,4H;1H;/q;;;;+1/p-1. The summed E-state index contributed by atoms with van der Waals surface area (Å²) in [5.41, 5.74) is 2.22. The van der Waals surface area contributed by atoms with E-state index in [9.17, 15) is 4.39 Å². The van der Waals surface area contributed by atoms with Crippen LogP contribution >= 0.6 is 12.7 Å². The van der Waals surface area contributed by atoms with Gasteiger partial charge in [-0.15, -0.1) is 0 Å². The molecule has 0 atom stereocenters. The Morgan fingerprint density at radius 1 is 0.700 bits per heavy atom. The second-order valence-corrected chi connectivity index (χ2v) is 28.7. The van der Waals surface area contributed by atoms with Gasteiger partial charge in [0.25, 0.3) is 0 Å². The first-order chi connectivity index (χ1) is 14.0. The quantitative estimate of drug-likeness (QED) is 0.256. The molecule has 0 saturated carbocycles. The zero-order valence-corrected chi connectivity index (χ0v) is 22.5. The van der Waals surface area contributed by atoms with Crippen LogP contribution in [0.25, 0.3) is 0 Å². The van der Waals surface area contributed by atoms with Gasteiger partial charge in [-0.05, 0) is 0 Å². The molecule has 0 bridgehead atoms. The van der Waals surface area contributed by atoms with E-state index in [0.29, 0.717) is 3.58 Å². The van der Waals surface area contributed by atoms with Crippen LogP contribution in [0.4, 0.5) is 8.78 Å². The van der Waals surface area contributed by atoms with E-state index in [-0.39, 0.29) is 10.8 Å². The first-order valence-electron chi connectivity index (χ1n) is 10.3. The Morgan fingerprint density at radius 3 is 1.53 bits per heavy atom. The molecular formula is C26H29BrF2Sn. The van der Waals surface area contributed by atoms with Crippen molar-refractivity contribution in [3.63, 3.8) is 0 Å².